The van der Waals surface area contributed by atoms with Gasteiger partial charge in [0.15, 0.2) is 0 Å². The van der Waals surface area contributed by atoms with Gasteiger partial charge in [-0.25, -0.2) is 4.98 Å². The third kappa shape index (κ3) is 2.79. The standard InChI is InChI=1S/C12H11N3O2S/c13-11(18)9-5-6-14-12(15-9)17-10-4-2-1-3-8(10)7-16/h1-6,16H,7H2,(H2,13,18). The summed E-state index contributed by atoms with van der Waals surface area (Å²) in [6.07, 6.45) is 1.51. The van der Waals surface area contributed by atoms with E-state index in [1.165, 1.54) is 6.20 Å². The van der Waals surface area contributed by atoms with Crippen LogP contribution in [-0.2, 0) is 6.61 Å². The summed E-state index contributed by atoms with van der Waals surface area (Å²) < 4.78 is 5.49. The van der Waals surface area contributed by atoms with E-state index in [2.05, 4.69) is 9.97 Å². The van der Waals surface area contributed by atoms with Gasteiger partial charge in [-0.15, -0.1) is 0 Å². The molecule has 0 aliphatic rings. The van der Waals surface area contributed by atoms with Crippen molar-refractivity contribution < 1.29 is 9.84 Å². The maximum absolute atomic E-state index is 9.18. The molecule has 2 aromatic rings. The molecule has 92 valence electrons. The molecule has 0 aliphatic carbocycles. The Kier molecular flexibility index (Phi) is 3.81. The highest BCUT2D eigenvalue weighted by atomic mass is 32.1. The van der Waals surface area contributed by atoms with Crippen molar-refractivity contribution in [3.05, 3.63) is 47.8 Å². The van der Waals surface area contributed by atoms with Crippen LogP contribution in [0.3, 0.4) is 0 Å². The van der Waals surface area contributed by atoms with Gasteiger partial charge in [0.25, 0.3) is 0 Å². The van der Waals surface area contributed by atoms with Crippen molar-refractivity contribution in [3.63, 3.8) is 0 Å². The average molecular weight is 261 g/mol. The van der Waals surface area contributed by atoms with Crippen LogP contribution in [0.5, 0.6) is 11.8 Å². The number of thiocarbonyl (C=S) groups is 1. The fourth-order valence-corrected chi connectivity index (χ4v) is 1.47. The topological polar surface area (TPSA) is 81.3 Å². The van der Waals surface area contributed by atoms with Crippen LogP contribution in [0, 0.1) is 0 Å². The van der Waals surface area contributed by atoms with Gasteiger partial charge in [-0.2, -0.15) is 4.98 Å². The second-order valence-corrected chi connectivity index (χ2v) is 3.90. The minimum atomic E-state index is -0.120. The Bertz CT molecular complexity index is 575. The number of benzene rings is 1. The smallest absolute Gasteiger partial charge is 0.322 e. The van der Waals surface area contributed by atoms with Crippen LogP contribution in [-0.4, -0.2) is 20.1 Å². The minimum absolute atomic E-state index is 0.120. The SMILES string of the molecule is NC(=S)c1ccnc(Oc2ccccc2CO)n1. The summed E-state index contributed by atoms with van der Waals surface area (Å²) in [5, 5.41) is 9.18. The lowest BCUT2D eigenvalue weighted by atomic mass is 10.2. The zero-order valence-corrected chi connectivity index (χ0v) is 10.2. The highest BCUT2D eigenvalue weighted by Gasteiger charge is 2.07. The molecule has 0 bridgehead atoms. The van der Waals surface area contributed by atoms with Crippen LogP contribution >= 0.6 is 12.2 Å². The third-order valence-electron chi connectivity index (χ3n) is 2.23. The van der Waals surface area contributed by atoms with Gasteiger partial charge in [0, 0.05) is 11.8 Å². The molecule has 5 nitrogen and oxygen atoms in total. The molecule has 1 aromatic heterocycles. The van der Waals surface area contributed by atoms with Gasteiger partial charge >= 0.3 is 6.01 Å². The van der Waals surface area contributed by atoms with Gasteiger partial charge in [-0.1, -0.05) is 30.4 Å². The van der Waals surface area contributed by atoms with Crippen LogP contribution in [0.1, 0.15) is 11.3 Å². The van der Waals surface area contributed by atoms with Crippen molar-refractivity contribution >= 4 is 17.2 Å². The number of aliphatic hydroxyl groups is 1. The highest BCUT2D eigenvalue weighted by molar-refractivity contribution is 7.80. The quantitative estimate of drug-likeness (QED) is 0.810. The first kappa shape index (κ1) is 12.4. The lowest BCUT2D eigenvalue weighted by Crippen LogP contribution is -2.12. The van der Waals surface area contributed by atoms with Gasteiger partial charge in [0.05, 0.1) is 6.61 Å². The fraction of sp³-hybridized carbons (Fsp3) is 0.0833. The molecule has 6 heteroatoms. The molecule has 0 fully saturated rings. The molecular formula is C12H11N3O2S. The Morgan fingerprint density at radius 2 is 2.11 bits per heavy atom. The summed E-state index contributed by atoms with van der Waals surface area (Å²) in [7, 11) is 0. The number of aromatic nitrogens is 2. The van der Waals surface area contributed by atoms with E-state index >= 15 is 0 Å². The Morgan fingerprint density at radius 3 is 2.83 bits per heavy atom. The molecule has 0 unspecified atom stereocenters. The summed E-state index contributed by atoms with van der Waals surface area (Å²) in [5.41, 5.74) is 6.57. The van der Waals surface area contributed by atoms with Gasteiger partial charge in [-0.05, 0) is 12.1 Å². The van der Waals surface area contributed by atoms with Crippen LogP contribution in [0.15, 0.2) is 36.5 Å². The molecule has 3 N–H and O–H groups in total. The molecular weight excluding hydrogens is 250 g/mol. The molecule has 1 aromatic carbocycles. The fourth-order valence-electron chi connectivity index (χ4n) is 1.36. The normalized spacial score (nSPS) is 10.1. The second kappa shape index (κ2) is 5.52. The number of rotatable bonds is 4. The first-order valence-corrected chi connectivity index (χ1v) is 5.61. The molecule has 0 saturated heterocycles. The monoisotopic (exact) mass is 261 g/mol. The number of ether oxygens (including phenoxy) is 1. The predicted octanol–water partition coefficient (Wildman–Crippen LogP) is 1.40. The molecule has 18 heavy (non-hydrogen) atoms. The molecule has 0 saturated carbocycles. The number of aliphatic hydroxyl groups excluding tert-OH is 1. The van der Waals surface area contributed by atoms with Crippen LogP contribution in [0.25, 0.3) is 0 Å². The van der Waals surface area contributed by atoms with Gasteiger partial charge < -0.3 is 15.6 Å². The van der Waals surface area contributed by atoms with Gasteiger partial charge in [0.2, 0.25) is 0 Å². The van der Waals surface area contributed by atoms with Crippen LogP contribution in [0.4, 0.5) is 0 Å². The van der Waals surface area contributed by atoms with Crippen molar-refractivity contribution in [1.29, 1.82) is 0 Å². The number of hydrogen-bond acceptors (Lipinski definition) is 5. The maximum atomic E-state index is 9.18. The van der Waals surface area contributed by atoms with Crippen molar-refractivity contribution in [2.24, 2.45) is 5.73 Å². The van der Waals surface area contributed by atoms with Gasteiger partial charge in [0.1, 0.15) is 16.4 Å². The largest absolute Gasteiger partial charge is 0.424 e. The minimum Gasteiger partial charge on any atom is -0.424 e. The Labute approximate surface area is 109 Å². The molecule has 0 amide bonds. The Balaban J connectivity index is 2.28. The van der Waals surface area contributed by atoms with E-state index in [1.54, 1.807) is 24.3 Å². The van der Waals surface area contributed by atoms with Crippen molar-refractivity contribution in [1.82, 2.24) is 9.97 Å². The molecule has 0 aliphatic heterocycles. The Morgan fingerprint density at radius 1 is 1.33 bits per heavy atom. The van der Waals surface area contributed by atoms with E-state index in [0.29, 0.717) is 17.0 Å². The number of nitrogens with zero attached hydrogens (tertiary/aromatic N) is 2. The molecule has 1 heterocycles. The zero-order chi connectivity index (χ0) is 13.0. The number of hydrogen-bond donors (Lipinski definition) is 2. The lowest BCUT2D eigenvalue weighted by Gasteiger charge is -2.08. The molecule has 0 atom stereocenters. The molecule has 0 radical (unpaired) electrons. The molecule has 2 rings (SSSR count). The predicted molar refractivity (Wildman–Crippen MR) is 70.4 cm³/mol. The summed E-state index contributed by atoms with van der Waals surface area (Å²) in [6, 6.07) is 8.83. The summed E-state index contributed by atoms with van der Waals surface area (Å²) >= 11 is 4.83. The van der Waals surface area contributed by atoms with E-state index in [0.717, 1.165) is 0 Å². The second-order valence-electron chi connectivity index (χ2n) is 3.46. The van der Waals surface area contributed by atoms with Crippen LogP contribution < -0.4 is 10.5 Å². The van der Waals surface area contributed by atoms with E-state index in [4.69, 9.17) is 22.7 Å². The maximum Gasteiger partial charge on any atom is 0.322 e. The van der Waals surface area contributed by atoms with E-state index in [1.807, 2.05) is 6.07 Å². The first-order valence-electron chi connectivity index (χ1n) is 5.20. The Hall–Kier alpha value is -2.05. The summed E-state index contributed by atoms with van der Waals surface area (Å²) in [6.45, 7) is -0.120. The highest BCUT2D eigenvalue weighted by Crippen LogP contribution is 2.22. The number of para-hydroxylation sites is 1. The summed E-state index contributed by atoms with van der Waals surface area (Å²) in [5.74, 6) is 0.500. The van der Waals surface area contributed by atoms with Crippen molar-refractivity contribution in [2.45, 2.75) is 6.61 Å². The van der Waals surface area contributed by atoms with Gasteiger partial charge in [-0.3, -0.25) is 0 Å². The van der Waals surface area contributed by atoms with E-state index in [9.17, 15) is 5.11 Å². The van der Waals surface area contributed by atoms with Crippen LogP contribution in [0.2, 0.25) is 0 Å². The van der Waals surface area contributed by atoms with E-state index in [-0.39, 0.29) is 17.6 Å². The van der Waals surface area contributed by atoms with Crippen molar-refractivity contribution in [2.75, 3.05) is 0 Å². The number of nitrogens with two attached hydrogens (primary N) is 1. The third-order valence-corrected chi connectivity index (χ3v) is 2.44. The zero-order valence-electron chi connectivity index (χ0n) is 9.41. The molecule has 0 spiro atoms. The van der Waals surface area contributed by atoms with E-state index < -0.39 is 0 Å². The lowest BCUT2D eigenvalue weighted by molar-refractivity contribution is 0.275. The first-order chi connectivity index (χ1) is 8.70. The average Bonchev–Trinajstić information content (AvgIpc) is 2.39. The summed E-state index contributed by atoms with van der Waals surface area (Å²) in [4.78, 5) is 8.20. The van der Waals surface area contributed by atoms with Crippen molar-refractivity contribution in [3.8, 4) is 11.8 Å².